The molecule has 3 N–H and O–H groups in total. The maximum absolute atomic E-state index is 13.6. The van der Waals surface area contributed by atoms with Crippen LogP contribution in [0, 0.1) is 23.0 Å². The van der Waals surface area contributed by atoms with Gasteiger partial charge in [-0.05, 0) is 56.3 Å². The van der Waals surface area contributed by atoms with Crippen LogP contribution >= 0.6 is 0 Å². The molecule has 1 aliphatic heterocycles. The Morgan fingerprint density at radius 1 is 1.33 bits per heavy atom. The minimum atomic E-state index is -0.428. The Morgan fingerprint density at radius 2 is 2.21 bits per heavy atom. The van der Waals surface area contributed by atoms with Crippen molar-refractivity contribution in [2.24, 2.45) is 11.3 Å². The Bertz CT molecular complexity index is 593. The Hall–Kier alpha value is -1.30. The lowest BCUT2D eigenvalue weighted by Crippen LogP contribution is -2.54. The highest BCUT2D eigenvalue weighted by Crippen LogP contribution is 2.44. The maximum atomic E-state index is 13.6. The monoisotopic (exact) mass is 336 g/mol. The molecule has 1 aromatic rings. The van der Waals surface area contributed by atoms with Crippen LogP contribution in [0.15, 0.2) is 24.3 Å². The minimum absolute atomic E-state index is 0.0525. The van der Waals surface area contributed by atoms with E-state index in [-0.39, 0.29) is 17.6 Å². The van der Waals surface area contributed by atoms with Gasteiger partial charge in [0.1, 0.15) is 11.6 Å². The van der Waals surface area contributed by atoms with Gasteiger partial charge in [0.15, 0.2) is 0 Å². The van der Waals surface area contributed by atoms with E-state index in [0.29, 0.717) is 18.5 Å². The maximum Gasteiger partial charge on any atom is 0.130 e. The predicted octanol–water partition coefficient (Wildman–Crippen LogP) is 2.71. The molecule has 3 unspecified atom stereocenters. The van der Waals surface area contributed by atoms with Crippen LogP contribution in [-0.2, 0) is 0 Å². The van der Waals surface area contributed by atoms with Gasteiger partial charge in [-0.25, -0.2) is 8.78 Å². The summed E-state index contributed by atoms with van der Waals surface area (Å²) in [6.07, 6.45) is 7.72. The third-order valence-corrected chi connectivity index (χ3v) is 5.67. The lowest BCUT2D eigenvalue weighted by atomic mass is 9.62. The number of rotatable bonds is 5. The van der Waals surface area contributed by atoms with Gasteiger partial charge in [0, 0.05) is 30.1 Å². The zero-order chi connectivity index (χ0) is 17.0. The van der Waals surface area contributed by atoms with Crippen molar-refractivity contribution in [1.82, 2.24) is 10.6 Å². The van der Waals surface area contributed by atoms with E-state index in [4.69, 9.17) is 0 Å². The van der Waals surface area contributed by atoms with Crippen LogP contribution in [-0.4, -0.2) is 37.4 Å². The molecule has 0 spiro atoms. The molecule has 2 aliphatic rings. The van der Waals surface area contributed by atoms with Crippen molar-refractivity contribution in [3.8, 4) is 0 Å². The van der Waals surface area contributed by atoms with Gasteiger partial charge < -0.3 is 15.7 Å². The first-order valence-electron chi connectivity index (χ1n) is 8.79. The topological polar surface area (TPSA) is 44.3 Å². The summed E-state index contributed by atoms with van der Waals surface area (Å²) < 4.78 is 26.7. The molecule has 1 saturated carbocycles. The summed E-state index contributed by atoms with van der Waals surface area (Å²) in [7, 11) is 0. The Labute approximate surface area is 142 Å². The molecule has 0 radical (unpaired) electrons. The molecule has 3 nitrogen and oxygen atoms in total. The smallest absolute Gasteiger partial charge is 0.130 e. The predicted molar refractivity (Wildman–Crippen MR) is 91.5 cm³/mol. The van der Waals surface area contributed by atoms with E-state index in [0.717, 1.165) is 50.9 Å². The highest BCUT2D eigenvalue weighted by Gasteiger charge is 2.44. The number of halogens is 2. The second-order valence-electron chi connectivity index (χ2n) is 7.13. The molecule has 3 rings (SSSR count). The largest absolute Gasteiger partial charge is 0.396 e. The van der Waals surface area contributed by atoms with Crippen LogP contribution in [0.5, 0.6) is 0 Å². The first-order valence-corrected chi connectivity index (χ1v) is 8.79. The second-order valence-corrected chi connectivity index (χ2v) is 7.13. The van der Waals surface area contributed by atoms with Crippen LogP contribution in [0.4, 0.5) is 8.78 Å². The van der Waals surface area contributed by atoms with E-state index in [1.807, 2.05) is 6.08 Å². The number of aliphatic hydroxyl groups excluding tert-OH is 1. The lowest BCUT2D eigenvalue weighted by Gasteiger charge is -2.49. The molecule has 0 aromatic heterocycles. The van der Waals surface area contributed by atoms with Gasteiger partial charge in [0.05, 0.1) is 6.61 Å². The summed E-state index contributed by atoms with van der Waals surface area (Å²) in [6, 6.07) is 3.90. The van der Waals surface area contributed by atoms with E-state index in [9.17, 15) is 13.9 Å². The van der Waals surface area contributed by atoms with E-state index in [1.54, 1.807) is 6.08 Å². The van der Waals surface area contributed by atoms with Crippen molar-refractivity contribution in [3.63, 3.8) is 0 Å². The van der Waals surface area contributed by atoms with Crippen LogP contribution in [0.1, 0.15) is 31.2 Å². The van der Waals surface area contributed by atoms with Gasteiger partial charge in [0.25, 0.3) is 0 Å². The van der Waals surface area contributed by atoms with Crippen molar-refractivity contribution < 1.29 is 13.9 Å². The highest BCUT2D eigenvalue weighted by atomic mass is 19.1. The first kappa shape index (κ1) is 17.5. The molecule has 0 bridgehead atoms. The van der Waals surface area contributed by atoms with Gasteiger partial charge >= 0.3 is 0 Å². The molecule has 3 atom stereocenters. The van der Waals surface area contributed by atoms with Crippen molar-refractivity contribution in [2.45, 2.75) is 31.7 Å². The number of piperidine rings is 1. The quantitative estimate of drug-likeness (QED) is 0.775. The van der Waals surface area contributed by atoms with Crippen molar-refractivity contribution >= 4 is 6.08 Å². The van der Waals surface area contributed by atoms with Crippen LogP contribution < -0.4 is 10.6 Å². The molecule has 1 aromatic carbocycles. The normalized spacial score (nSPS) is 30.5. The molecule has 0 amide bonds. The zero-order valence-electron chi connectivity index (χ0n) is 13.9. The molecule has 2 fully saturated rings. The summed E-state index contributed by atoms with van der Waals surface area (Å²) in [5.41, 5.74) is 0.329. The molecule has 1 aliphatic carbocycles. The molecular weight excluding hydrogens is 310 g/mol. The Morgan fingerprint density at radius 3 is 3.04 bits per heavy atom. The highest BCUT2D eigenvalue weighted by molar-refractivity contribution is 5.50. The summed E-state index contributed by atoms with van der Waals surface area (Å²) in [5, 5.41) is 16.7. The van der Waals surface area contributed by atoms with Crippen LogP contribution in [0.3, 0.4) is 0 Å². The molecular formula is C19H26F2N2O. The third-order valence-electron chi connectivity index (χ3n) is 5.67. The van der Waals surface area contributed by atoms with E-state index >= 15 is 0 Å². The van der Waals surface area contributed by atoms with Crippen LogP contribution in [0.25, 0.3) is 6.08 Å². The summed E-state index contributed by atoms with van der Waals surface area (Å²) >= 11 is 0. The number of benzene rings is 1. The van der Waals surface area contributed by atoms with Gasteiger partial charge in [-0.15, -0.1) is 0 Å². The fourth-order valence-corrected chi connectivity index (χ4v) is 4.16. The molecule has 132 valence electrons. The average molecular weight is 336 g/mol. The standard InChI is InChI=1S/C19H26F2N2O/c20-16-3-4-18(21)14(10-16)2-1-8-23-17-5-7-19(13-24)12-22-9-6-15(19)11-17/h1-4,10,15,17,22-24H,5-9,11-13H2. The van der Waals surface area contributed by atoms with Crippen molar-refractivity contribution in [3.05, 3.63) is 41.5 Å². The number of nitrogens with one attached hydrogen (secondary N) is 2. The van der Waals surface area contributed by atoms with E-state index in [1.165, 1.54) is 6.07 Å². The Kier molecular flexibility index (Phi) is 5.64. The van der Waals surface area contributed by atoms with Gasteiger partial charge in [-0.2, -0.15) is 0 Å². The molecule has 1 heterocycles. The lowest BCUT2D eigenvalue weighted by molar-refractivity contribution is -0.00723. The first-order chi connectivity index (χ1) is 11.6. The number of aliphatic hydroxyl groups is 1. The fourth-order valence-electron chi connectivity index (χ4n) is 4.16. The summed E-state index contributed by atoms with van der Waals surface area (Å²) in [4.78, 5) is 0. The number of hydrogen-bond donors (Lipinski definition) is 3. The fraction of sp³-hybridized carbons (Fsp3) is 0.579. The van der Waals surface area contributed by atoms with Gasteiger partial charge in [-0.1, -0.05) is 12.2 Å². The van der Waals surface area contributed by atoms with Gasteiger partial charge in [0.2, 0.25) is 0 Å². The molecule has 1 saturated heterocycles. The zero-order valence-corrected chi connectivity index (χ0v) is 13.9. The van der Waals surface area contributed by atoms with Crippen molar-refractivity contribution in [1.29, 1.82) is 0 Å². The van der Waals surface area contributed by atoms with Crippen LogP contribution in [0.2, 0.25) is 0 Å². The SMILES string of the molecule is OCC12CCC(NCC=Cc3cc(F)ccc3F)CC1CCNC2. The average Bonchev–Trinajstić information content (AvgIpc) is 2.61. The second kappa shape index (κ2) is 7.72. The number of fused-ring (bicyclic) bond motifs is 1. The Balaban J connectivity index is 1.51. The van der Waals surface area contributed by atoms with Gasteiger partial charge in [-0.3, -0.25) is 0 Å². The number of hydrogen-bond acceptors (Lipinski definition) is 3. The van der Waals surface area contributed by atoms with E-state index in [2.05, 4.69) is 10.6 Å². The van der Waals surface area contributed by atoms with E-state index < -0.39 is 11.6 Å². The summed E-state index contributed by atoms with van der Waals surface area (Å²) in [5.74, 6) is -0.282. The van der Waals surface area contributed by atoms with Crippen molar-refractivity contribution in [2.75, 3.05) is 26.2 Å². The molecule has 24 heavy (non-hydrogen) atoms. The molecule has 5 heteroatoms. The minimum Gasteiger partial charge on any atom is -0.396 e. The third kappa shape index (κ3) is 3.85. The summed E-state index contributed by atoms with van der Waals surface area (Å²) in [6.45, 7) is 2.84.